The largest absolute Gasteiger partial charge is 0.495 e. The summed E-state index contributed by atoms with van der Waals surface area (Å²) in [4.78, 5) is 0. The van der Waals surface area contributed by atoms with Gasteiger partial charge in [0.05, 0.1) is 10.6 Å². The molecular weight excluding hydrogens is 522 g/mol. The van der Waals surface area contributed by atoms with Crippen molar-refractivity contribution < 1.29 is 14.2 Å². The Bertz CT molecular complexity index is 1680. The van der Waals surface area contributed by atoms with Gasteiger partial charge in [-0.25, -0.2) is 0 Å². The standard InChI is InChI=1S/C36H42N3OS/c1-9-16-36(8,22-37-28(7)40)17-14-30-31-19-23(2)10-12-29(31)33-20-24(3)25(4)21-38(33)35(30)27(6)39-26(5)11-13-34-32(39)15-18-41-34/h9-13,15-16,18-21,30,35,37H,6-7,14,17,22H2,1-5,8H3/q+1/p+1/b16-9-/t30?,35?,36-/m1/s1. The molecule has 5 rings (SSSR count). The number of aliphatic hydroxyl groups excluding tert-OH is 1. The van der Waals surface area contributed by atoms with Gasteiger partial charge in [0, 0.05) is 48.2 Å². The van der Waals surface area contributed by atoms with Crippen molar-refractivity contribution in [2.75, 3.05) is 6.54 Å². The van der Waals surface area contributed by atoms with E-state index in [0.717, 1.165) is 18.5 Å². The van der Waals surface area contributed by atoms with Crippen molar-refractivity contribution in [1.82, 2.24) is 5.32 Å². The summed E-state index contributed by atoms with van der Waals surface area (Å²) in [5.41, 5.74) is 11.1. The lowest BCUT2D eigenvalue weighted by Gasteiger charge is -2.33. The number of nitrogens with one attached hydrogen (secondary N) is 1. The Kier molecular flexibility index (Phi) is 7.93. The van der Waals surface area contributed by atoms with E-state index in [2.05, 4.69) is 129 Å². The van der Waals surface area contributed by atoms with Crippen LogP contribution in [0.1, 0.15) is 66.6 Å². The highest BCUT2D eigenvalue weighted by molar-refractivity contribution is 7.17. The normalized spacial score (nSPS) is 17.7. The molecule has 2 N–H and O–H groups in total. The minimum absolute atomic E-state index is 0.0108. The third-order valence-electron chi connectivity index (χ3n) is 8.81. The zero-order valence-electron chi connectivity index (χ0n) is 25.3. The summed E-state index contributed by atoms with van der Waals surface area (Å²) < 4.78 is 6.13. The van der Waals surface area contributed by atoms with Crippen LogP contribution in [-0.2, 0) is 0 Å². The van der Waals surface area contributed by atoms with Gasteiger partial charge in [0.1, 0.15) is 0 Å². The molecule has 1 aromatic carbocycles. The lowest BCUT2D eigenvalue weighted by molar-refractivity contribution is -0.726. The number of nitrogens with zero attached hydrogens (tertiary/aromatic N) is 2. The van der Waals surface area contributed by atoms with Crippen molar-refractivity contribution >= 4 is 27.3 Å². The van der Waals surface area contributed by atoms with Crippen molar-refractivity contribution in [1.29, 1.82) is 0 Å². The summed E-state index contributed by atoms with van der Waals surface area (Å²) in [5, 5.41) is 15.1. The maximum atomic E-state index is 9.81. The lowest BCUT2D eigenvalue weighted by atomic mass is 9.74. The first-order valence-electron chi connectivity index (χ1n) is 14.5. The van der Waals surface area contributed by atoms with Gasteiger partial charge in [-0.05, 0) is 82.3 Å². The van der Waals surface area contributed by atoms with Gasteiger partial charge in [-0.15, -0.1) is 11.3 Å². The smallest absolute Gasteiger partial charge is 0.250 e. The van der Waals surface area contributed by atoms with Crippen molar-refractivity contribution in [2.45, 2.75) is 66.3 Å². The molecule has 0 amide bonds. The number of fused-ring (bicyclic) bond motifs is 4. The van der Waals surface area contributed by atoms with Crippen LogP contribution in [-0.4, -0.2) is 11.7 Å². The van der Waals surface area contributed by atoms with Gasteiger partial charge in [-0.1, -0.05) is 36.8 Å². The molecule has 212 valence electrons. The summed E-state index contributed by atoms with van der Waals surface area (Å²) >= 11 is 1.77. The van der Waals surface area contributed by atoms with Crippen LogP contribution in [0.25, 0.3) is 27.2 Å². The molecule has 41 heavy (non-hydrogen) atoms. The van der Waals surface area contributed by atoms with E-state index in [1.54, 1.807) is 11.3 Å². The highest BCUT2D eigenvalue weighted by Gasteiger charge is 2.47. The molecule has 4 aromatic rings. The fourth-order valence-corrected chi connectivity index (χ4v) is 7.30. The number of hydrogen-bond donors (Lipinski definition) is 2. The molecule has 0 aliphatic carbocycles. The van der Waals surface area contributed by atoms with Crippen LogP contribution >= 0.6 is 11.3 Å². The van der Waals surface area contributed by atoms with Gasteiger partial charge in [0.2, 0.25) is 22.9 Å². The third-order valence-corrected chi connectivity index (χ3v) is 9.68. The van der Waals surface area contributed by atoms with Gasteiger partial charge in [-0.2, -0.15) is 9.13 Å². The summed E-state index contributed by atoms with van der Waals surface area (Å²) in [6.45, 7) is 22.2. The van der Waals surface area contributed by atoms with Crippen molar-refractivity contribution in [2.24, 2.45) is 5.41 Å². The minimum atomic E-state index is -0.152. The Morgan fingerprint density at radius 2 is 1.85 bits per heavy atom. The first-order chi connectivity index (χ1) is 19.5. The molecule has 3 atom stereocenters. The predicted octanol–water partition coefficient (Wildman–Crippen LogP) is 8.17. The first kappa shape index (κ1) is 28.8. The van der Waals surface area contributed by atoms with Crippen molar-refractivity contribution in [3.63, 3.8) is 0 Å². The van der Waals surface area contributed by atoms with Crippen LogP contribution in [0, 0.1) is 33.1 Å². The monoisotopic (exact) mass is 565 g/mol. The van der Waals surface area contributed by atoms with Gasteiger partial charge in [-0.3, -0.25) is 0 Å². The maximum Gasteiger partial charge on any atom is 0.250 e. The van der Waals surface area contributed by atoms with E-state index >= 15 is 0 Å². The van der Waals surface area contributed by atoms with Crippen molar-refractivity contribution in [3.8, 4) is 11.3 Å². The molecular formula is C36H43N3OS+2. The Morgan fingerprint density at radius 1 is 1.07 bits per heavy atom. The molecule has 0 spiro atoms. The fourth-order valence-electron chi connectivity index (χ4n) is 6.53. The van der Waals surface area contributed by atoms with Gasteiger partial charge in [0.25, 0.3) is 0 Å². The molecule has 0 saturated heterocycles. The molecule has 4 heterocycles. The third kappa shape index (κ3) is 5.48. The summed E-state index contributed by atoms with van der Waals surface area (Å²) in [5.74, 6) is 0.219. The van der Waals surface area contributed by atoms with Crippen LogP contribution < -0.4 is 14.5 Å². The zero-order chi connectivity index (χ0) is 29.5. The number of thiophene rings is 1. The van der Waals surface area contributed by atoms with E-state index in [0.29, 0.717) is 6.54 Å². The molecule has 3 aromatic heterocycles. The molecule has 0 fully saturated rings. The molecule has 0 radical (unpaired) electrons. The number of aliphatic hydroxyl groups is 1. The number of aryl methyl sites for hydroxylation is 4. The average molecular weight is 566 g/mol. The molecule has 4 nitrogen and oxygen atoms in total. The zero-order valence-corrected chi connectivity index (χ0v) is 26.1. The van der Waals surface area contributed by atoms with Gasteiger partial charge in [0.15, 0.2) is 17.8 Å². The second-order valence-electron chi connectivity index (χ2n) is 12.0. The molecule has 0 bridgehead atoms. The Labute approximate surface area is 249 Å². The summed E-state index contributed by atoms with van der Waals surface area (Å²) in [6, 6.07) is 16.0. The molecule has 2 unspecified atom stereocenters. The lowest BCUT2D eigenvalue weighted by Crippen LogP contribution is -2.54. The molecule has 5 heteroatoms. The number of benzene rings is 1. The van der Waals surface area contributed by atoms with Crippen LogP contribution in [0.15, 0.2) is 85.2 Å². The molecule has 1 aliphatic rings. The topological polar surface area (TPSA) is 40.0 Å². The fraction of sp³-hybridized carbons (Fsp3) is 0.333. The van der Waals surface area contributed by atoms with E-state index in [9.17, 15) is 5.11 Å². The highest BCUT2D eigenvalue weighted by Crippen LogP contribution is 2.46. The minimum Gasteiger partial charge on any atom is -0.495 e. The van der Waals surface area contributed by atoms with Crippen LogP contribution in [0.5, 0.6) is 0 Å². The number of rotatable bonds is 9. The SMILES string of the molecule is C=C(O)NC[C@](C)(/C=C\C)CCC1c2cc(C)ccc2-c2cc(C)c(C)c[n+]2C1C(=C)[n+]1c(C)ccc2sccc21. The number of allylic oxidation sites excluding steroid dienone is 2. The Morgan fingerprint density at radius 3 is 2.59 bits per heavy atom. The van der Waals surface area contributed by atoms with E-state index in [1.165, 1.54) is 49.4 Å². The predicted molar refractivity (Wildman–Crippen MR) is 172 cm³/mol. The van der Waals surface area contributed by atoms with Gasteiger partial charge < -0.3 is 10.4 Å². The average Bonchev–Trinajstić information content (AvgIpc) is 3.40. The maximum absolute atomic E-state index is 9.81. The van der Waals surface area contributed by atoms with E-state index in [-0.39, 0.29) is 23.3 Å². The van der Waals surface area contributed by atoms with Crippen molar-refractivity contribution in [3.05, 3.63) is 113 Å². The second-order valence-corrected chi connectivity index (χ2v) is 13.0. The van der Waals surface area contributed by atoms with Gasteiger partial charge >= 0.3 is 0 Å². The van der Waals surface area contributed by atoms with E-state index in [4.69, 9.17) is 6.58 Å². The first-order valence-corrected chi connectivity index (χ1v) is 15.4. The van der Waals surface area contributed by atoms with E-state index < -0.39 is 0 Å². The second kappa shape index (κ2) is 11.3. The Hall–Kier alpha value is -3.70. The summed E-state index contributed by atoms with van der Waals surface area (Å²) in [7, 11) is 0. The molecule has 0 saturated carbocycles. The van der Waals surface area contributed by atoms with Crippen LogP contribution in [0.4, 0.5) is 0 Å². The van der Waals surface area contributed by atoms with Crippen LogP contribution in [0.2, 0.25) is 0 Å². The quantitative estimate of drug-likeness (QED) is 0.122. The highest BCUT2D eigenvalue weighted by atomic mass is 32.1. The Balaban J connectivity index is 1.70. The van der Waals surface area contributed by atoms with Crippen LogP contribution in [0.3, 0.4) is 0 Å². The molecule has 1 aliphatic heterocycles. The number of hydrogen-bond acceptors (Lipinski definition) is 3. The summed E-state index contributed by atoms with van der Waals surface area (Å²) in [6.07, 6.45) is 8.60. The van der Waals surface area contributed by atoms with E-state index in [1.807, 2.05) is 0 Å². The number of aromatic nitrogens is 2. The number of pyridine rings is 2.